The standard InChI is InChI=1S/C13H16N2O5/c1-13(19-5-11(16)17)6-15(7-13)12(18)9-4-10(20-14-9)8-2-3-8/h4,8H,2-3,5-7H2,1H3,(H,16,17). The van der Waals surface area contributed by atoms with Crippen LogP contribution in [0, 0.1) is 0 Å². The van der Waals surface area contributed by atoms with E-state index in [1.54, 1.807) is 17.9 Å². The van der Waals surface area contributed by atoms with Crippen molar-refractivity contribution in [1.82, 2.24) is 10.1 Å². The summed E-state index contributed by atoms with van der Waals surface area (Å²) in [7, 11) is 0. The van der Waals surface area contributed by atoms with Gasteiger partial charge in [-0.15, -0.1) is 0 Å². The summed E-state index contributed by atoms with van der Waals surface area (Å²) in [5, 5.41) is 12.4. The van der Waals surface area contributed by atoms with Crippen molar-refractivity contribution in [2.24, 2.45) is 0 Å². The summed E-state index contributed by atoms with van der Waals surface area (Å²) in [5.74, 6) is -0.0120. The van der Waals surface area contributed by atoms with E-state index >= 15 is 0 Å². The van der Waals surface area contributed by atoms with Crippen LogP contribution in [0.1, 0.15) is 41.9 Å². The van der Waals surface area contributed by atoms with E-state index in [9.17, 15) is 9.59 Å². The molecule has 1 aromatic rings. The van der Waals surface area contributed by atoms with Gasteiger partial charge in [0.15, 0.2) is 5.69 Å². The predicted octanol–water partition coefficient (Wildman–Crippen LogP) is 0.868. The third-order valence-electron chi connectivity index (χ3n) is 3.61. The topological polar surface area (TPSA) is 92.9 Å². The molecule has 1 aliphatic heterocycles. The highest BCUT2D eigenvalue weighted by Gasteiger charge is 2.44. The molecule has 1 aromatic heterocycles. The maximum atomic E-state index is 12.1. The Bertz CT molecular complexity index is 543. The lowest BCUT2D eigenvalue weighted by Gasteiger charge is -2.46. The number of aromatic nitrogens is 1. The molecule has 1 saturated heterocycles. The van der Waals surface area contributed by atoms with Crippen molar-refractivity contribution in [3.8, 4) is 0 Å². The number of likely N-dealkylation sites (tertiary alicyclic amines) is 1. The van der Waals surface area contributed by atoms with Crippen LogP contribution in [0.25, 0.3) is 0 Å². The van der Waals surface area contributed by atoms with Gasteiger partial charge in [-0.1, -0.05) is 5.16 Å². The summed E-state index contributed by atoms with van der Waals surface area (Å²) in [6, 6.07) is 1.70. The molecule has 1 amide bonds. The maximum absolute atomic E-state index is 12.1. The quantitative estimate of drug-likeness (QED) is 0.860. The Morgan fingerprint density at radius 1 is 1.55 bits per heavy atom. The van der Waals surface area contributed by atoms with Gasteiger partial charge in [0.1, 0.15) is 18.0 Å². The van der Waals surface area contributed by atoms with Crippen molar-refractivity contribution >= 4 is 11.9 Å². The first-order valence-electron chi connectivity index (χ1n) is 6.58. The van der Waals surface area contributed by atoms with Crippen molar-refractivity contribution in [1.29, 1.82) is 0 Å². The highest BCUT2D eigenvalue weighted by molar-refractivity contribution is 5.93. The lowest BCUT2D eigenvalue weighted by molar-refractivity contribution is -0.160. The Morgan fingerprint density at radius 3 is 2.85 bits per heavy atom. The third kappa shape index (κ3) is 2.53. The summed E-state index contributed by atoms with van der Waals surface area (Å²) < 4.78 is 10.4. The molecule has 0 unspecified atom stereocenters. The molecule has 0 bridgehead atoms. The van der Waals surface area contributed by atoms with Crippen LogP contribution in [0.2, 0.25) is 0 Å². The number of hydrogen-bond acceptors (Lipinski definition) is 5. The van der Waals surface area contributed by atoms with E-state index in [1.807, 2.05) is 0 Å². The van der Waals surface area contributed by atoms with Gasteiger partial charge in [0, 0.05) is 12.0 Å². The zero-order valence-corrected chi connectivity index (χ0v) is 11.2. The van der Waals surface area contributed by atoms with Crippen molar-refractivity contribution in [3.05, 3.63) is 17.5 Å². The fourth-order valence-electron chi connectivity index (χ4n) is 2.34. The van der Waals surface area contributed by atoms with E-state index in [0.717, 1.165) is 18.6 Å². The smallest absolute Gasteiger partial charge is 0.329 e. The number of hydrogen-bond donors (Lipinski definition) is 1. The number of nitrogens with zero attached hydrogens (tertiary/aromatic N) is 2. The second-order valence-electron chi connectivity index (χ2n) is 5.68. The molecule has 0 aromatic carbocycles. The average molecular weight is 280 g/mol. The Morgan fingerprint density at radius 2 is 2.25 bits per heavy atom. The Balaban J connectivity index is 1.55. The fraction of sp³-hybridized carbons (Fsp3) is 0.615. The molecule has 7 nitrogen and oxygen atoms in total. The Labute approximate surface area is 115 Å². The van der Waals surface area contributed by atoms with Crippen LogP contribution in [-0.4, -0.2) is 52.3 Å². The highest BCUT2D eigenvalue weighted by Crippen LogP contribution is 2.40. The number of carbonyl (C=O) groups is 2. The van der Waals surface area contributed by atoms with Gasteiger partial charge in [-0.3, -0.25) is 4.79 Å². The van der Waals surface area contributed by atoms with Crippen molar-refractivity contribution in [3.63, 3.8) is 0 Å². The van der Waals surface area contributed by atoms with Crippen LogP contribution in [0.3, 0.4) is 0 Å². The normalized spacial score (nSPS) is 20.6. The maximum Gasteiger partial charge on any atom is 0.329 e. The van der Waals surface area contributed by atoms with Crippen molar-refractivity contribution in [2.45, 2.75) is 31.3 Å². The van der Waals surface area contributed by atoms with Crippen molar-refractivity contribution < 1.29 is 24.0 Å². The van der Waals surface area contributed by atoms with E-state index < -0.39 is 11.6 Å². The molecule has 1 saturated carbocycles. The Hall–Kier alpha value is -1.89. The number of carboxylic acid groups (broad SMARTS) is 1. The minimum atomic E-state index is -1.01. The summed E-state index contributed by atoms with van der Waals surface area (Å²) in [4.78, 5) is 24.2. The minimum absolute atomic E-state index is 0.197. The van der Waals surface area contributed by atoms with Crippen LogP contribution >= 0.6 is 0 Å². The monoisotopic (exact) mass is 280 g/mol. The first-order chi connectivity index (χ1) is 9.47. The second-order valence-corrected chi connectivity index (χ2v) is 5.68. The number of carboxylic acids is 1. The van der Waals surface area contributed by atoms with E-state index in [1.165, 1.54) is 0 Å². The molecule has 3 rings (SSSR count). The first-order valence-corrected chi connectivity index (χ1v) is 6.58. The van der Waals surface area contributed by atoms with E-state index in [-0.39, 0.29) is 12.5 Å². The first kappa shape index (κ1) is 13.1. The number of carbonyl (C=O) groups excluding carboxylic acids is 1. The van der Waals surface area contributed by atoms with Crippen LogP contribution < -0.4 is 0 Å². The SMILES string of the molecule is CC1(OCC(=O)O)CN(C(=O)c2cc(C3CC3)on2)C1. The van der Waals surface area contributed by atoms with Crippen LogP contribution in [-0.2, 0) is 9.53 Å². The van der Waals surface area contributed by atoms with Gasteiger partial charge in [-0.05, 0) is 19.8 Å². The number of rotatable bonds is 5. The Kier molecular flexibility index (Phi) is 3.01. The molecule has 1 aliphatic carbocycles. The molecule has 0 atom stereocenters. The molecule has 2 aliphatic rings. The molecule has 0 spiro atoms. The fourth-order valence-corrected chi connectivity index (χ4v) is 2.34. The summed E-state index contributed by atoms with van der Waals surface area (Å²) in [6.45, 7) is 2.17. The van der Waals surface area contributed by atoms with Gasteiger partial charge in [-0.25, -0.2) is 4.79 Å². The third-order valence-corrected chi connectivity index (χ3v) is 3.61. The molecule has 108 valence electrons. The zero-order chi connectivity index (χ0) is 14.3. The van der Waals surface area contributed by atoms with Gasteiger partial charge in [0.05, 0.1) is 13.1 Å². The molecule has 20 heavy (non-hydrogen) atoms. The van der Waals surface area contributed by atoms with Crippen LogP contribution in [0.15, 0.2) is 10.6 Å². The lowest BCUT2D eigenvalue weighted by atomic mass is 9.96. The summed E-state index contributed by atoms with van der Waals surface area (Å²) >= 11 is 0. The van der Waals surface area contributed by atoms with E-state index in [0.29, 0.717) is 24.7 Å². The van der Waals surface area contributed by atoms with Gasteiger partial charge in [0.2, 0.25) is 0 Å². The molecule has 2 fully saturated rings. The van der Waals surface area contributed by atoms with Crippen LogP contribution in [0.5, 0.6) is 0 Å². The molecular formula is C13H16N2O5. The number of ether oxygens (including phenoxy) is 1. The van der Waals surface area contributed by atoms with Crippen molar-refractivity contribution in [2.75, 3.05) is 19.7 Å². The number of amides is 1. The van der Waals surface area contributed by atoms with Gasteiger partial charge in [0.25, 0.3) is 5.91 Å². The lowest BCUT2D eigenvalue weighted by Crippen LogP contribution is -2.63. The molecule has 0 radical (unpaired) electrons. The van der Waals surface area contributed by atoms with E-state index in [4.69, 9.17) is 14.4 Å². The molecule has 1 N–H and O–H groups in total. The molecule has 7 heteroatoms. The molecular weight excluding hydrogens is 264 g/mol. The van der Waals surface area contributed by atoms with Crippen LogP contribution in [0.4, 0.5) is 0 Å². The van der Waals surface area contributed by atoms with Gasteiger partial charge < -0.3 is 19.3 Å². The second kappa shape index (κ2) is 4.59. The largest absolute Gasteiger partial charge is 0.480 e. The van der Waals surface area contributed by atoms with Gasteiger partial charge in [-0.2, -0.15) is 0 Å². The van der Waals surface area contributed by atoms with E-state index in [2.05, 4.69) is 5.16 Å². The molecule has 2 heterocycles. The zero-order valence-electron chi connectivity index (χ0n) is 11.2. The average Bonchev–Trinajstić information content (AvgIpc) is 3.10. The number of aliphatic carboxylic acids is 1. The highest BCUT2D eigenvalue weighted by atomic mass is 16.5. The summed E-state index contributed by atoms with van der Waals surface area (Å²) in [6.07, 6.45) is 2.18. The minimum Gasteiger partial charge on any atom is -0.480 e. The predicted molar refractivity (Wildman–Crippen MR) is 66.4 cm³/mol. The summed E-state index contributed by atoms with van der Waals surface area (Å²) in [5.41, 5.74) is -0.274. The van der Waals surface area contributed by atoms with Gasteiger partial charge >= 0.3 is 5.97 Å².